The van der Waals surface area contributed by atoms with E-state index in [-0.39, 0.29) is 10.9 Å². The average molecular weight is 346 g/mol. The molecule has 0 amide bonds. The van der Waals surface area contributed by atoms with Crippen molar-refractivity contribution >= 4 is 21.9 Å². The number of ether oxygens (including phenoxy) is 2. The normalized spacial score (nSPS) is 11.3. The van der Waals surface area contributed by atoms with Crippen LogP contribution in [0, 0.1) is 5.82 Å². The Kier molecular flexibility index (Phi) is 5.10. The van der Waals surface area contributed by atoms with Crippen molar-refractivity contribution in [2.75, 3.05) is 7.11 Å². The van der Waals surface area contributed by atoms with Gasteiger partial charge in [0.15, 0.2) is 11.6 Å². The number of esters is 1. The minimum atomic E-state index is -5.04. The van der Waals surface area contributed by atoms with E-state index in [1.54, 1.807) is 0 Å². The van der Waals surface area contributed by atoms with Crippen LogP contribution in [-0.2, 0) is 21.3 Å². The summed E-state index contributed by atoms with van der Waals surface area (Å²) < 4.78 is 58.3. The molecule has 19 heavy (non-hydrogen) atoms. The summed E-state index contributed by atoms with van der Waals surface area (Å²) in [5.74, 6) is -3.16. The summed E-state index contributed by atoms with van der Waals surface area (Å²) in [5, 5.41) is -0.0825. The summed E-state index contributed by atoms with van der Waals surface area (Å²) in [6.45, 7) is 0. The summed E-state index contributed by atoms with van der Waals surface area (Å²) >= 11 is 2.89. The summed E-state index contributed by atoms with van der Waals surface area (Å²) in [7, 11) is 1.07. The Labute approximate surface area is 113 Å². The van der Waals surface area contributed by atoms with Crippen molar-refractivity contribution in [3.05, 3.63) is 23.3 Å². The van der Waals surface area contributed by atoms with E-state index in [4.69, 9.17) is 0 Å². The molecular weight excluding hydrogens is 338 g/mol. The number of nitrogens with zero attached hydrogens (tertiary/aromatic N) is 1. The van der Waals surface area contributed by atoms with Crippen molar-refractivity contribution in [1.82, 2.24) is 4.98 Å². The first-order chi connectivity index (χ1) is 8.78. The molecule has 0 bridgehead atoms. The molecule has 0 spiro atoms. The number of halogens is 5. The molecule has 1 rings (SSSR count). The van der Waals surface area contributed by atoms with Crippen LogP contribution in [0.1, 0.15) is 11.3 Å². The van der Waals surface area contributed by atoms with Crippen molar-refractivity contribution in [2.45, 2.75) is 18.1 Å². The maximum atomic E-state index is 13.8. The second kappa shape index (κ2) is 6.18. The quantitative estimate of drug-likeness (QED) is 0.478. The fraction of sp³-hybridized carbons (Fsp3) is 0.400. The lowest BCUT2D eigenvalue weighted by molar-refractivity contribution is -0.275. The van der Waals surface area contributed by atoms with Crippen LogP contribution in [0.2, 0.25) is 0 Å². The number of alkyl halides is 4. The standard InChI is InChI=1S/C10H8BrF4NO3/c1-18-7(17)2-6-8(12)9(19-10(13,14)15)5(3-11)4-16-6/h4H,2-3H2,1H3. The zero-order valence-corrected chi connectivity index (χ0v) is 11.1. The number of aromatic nitrogens is 1. The number of hydrogen-bond acceptors (Lipinski definition) is 4. The zero-order valence-electron chi connectivity index (χ0n) is 9.55. The molecule has 0 aliphatic rings. The average Bonchev–Trinajstić information content (AvgIpc) is 2.32. The Hall–Kier alpha value is -1.38. The Morgan fingerprint density at radius 3 is 2.58 bits per heavy atom. The smallest absolute Gasteiger partial charge is 0.469 e. The van der Waals surface area contributed by atoms with Crippen molar-refractivity contribution in [1.29, 1.82) is 0 Å². The number of carbonyl (C=O) groups is 1. The summed E-state index contributed by atoms with van der Waals surface area (Å²) in [4.78, 5) is 14.6. The molecule has 0 radical (unpaired) electrons. The lowest BCUT2D eigenvalue weighted by atomic mass is 10.2. The minimum Gasteiger partial charge on any atom is -0.469 e. The SMILES string of the molecule is COC(=O)Cc1ncc(CBr)c(OC(F)(F)F)c1F. The number of rotatable bonds is 4. The molecule has 0 aliphatic carbocycles. The van der Waals surface area contributed by atoms with Gasteiger partial charge < -0.3 is 9.47 Å². The molecule has 106 valence electrons. The van der Waals surface area contributed by atoms with E-state index in [1.165, 1.54) is 0 Å². The lowest BCUT2D eigenvalue weighted by Gasteiger charge is -2.14. The van der Waals surface area contributed by atoms with Gasteiger partial charge in [-0.15, -0.1) is 13.2 Å². The molecule has 0 aromatic carbocycles. The summed E-state index contributed by atoms with van der Waals surface area (Å²) in [6, 6.07) is 0. The molecule has 0 saturated heterocycles. The van der Waals surface area contributed by atoms with Gasteiger partial charge in [-0.05, 0) is 0 Å². The molecule has 0 aliphatic heterocycles. The fourth-order valence-electron chi connectivity index (χ4n) is 1.20. The maximum Gasteiger partial charge on any atom is 0.573 e. The molecule has 0 fully saturated rings. The van der Waals surface area contributed by atoms with Gasteiger partial charge in [-0.25, -0.2) is 4.39 Å². The van der Waals surface area contributed by atoms with Crippen LogP contribution < -0.4 is 4.74 Å². The number of pyridine rings is 1. The van der Waals surface area contributed by atoms with E-state index in [1.807, 2.05) is 0 Å². The van der Waals surface area contributed by atoms with Crippen molar-refractivity contribution < 1.29 is 31.8 Å². The Bertz CT molecular complexity index is 479. The van der Waals surface area contributed by atoms with Gasteiger partial charge in [-0.1, -0.05) is 15.9 Å². The minimum absolute atomic E-state index is 0.0825. The van der Waals surface area contributed by atoms with E-state index in [2.05, 4.69) is 30.4 Å². The maximum absolute atomic E-state index is 13.8. The van der Waals surface area contributed by atoms with Crippen LogP contribution in [0.5, 0.6) is 5.75 Å². The van der Waals surface area contributed by atoms with Gasteiger partial charge in [0, 0.05) is 17.1 Å². The lowest BCUT2D eigenvalue weighted by Crippen LogP contribution is -2.20. The molecule has 0 atom stereocenters. The van der Waals surface area contributed by atoms with E-state index in [0.29, 0.717) is 0 Å². The van der Waals surface area contributed by atoms with E-state index in [9.17, 15) is 22.4 Å². The second-order valence-electron chi connectivity index (χ2n) is 3.31. The first-order valence-electron chi connectivity index (χ1n) is 4.83. The van der Waals surface area contributed by atoms with Gasteiger partial charge in [-0.3, -0.25) is 9.78 Å². The zero-order chi connectivity index (χ0) is 14.6. The first kappa shape index (κ1) is 15.7. The van der Waals surface area contributed by atoms with E-state index >= 15 is 0 Å². The monoisotopic (exact) mass is 345 g/mol. The second-order valence-corrected chi connectivity index (χ2v) is 3.87. The first-order valence-corrected chi connectivity index (χ1v) is 5.95. The molecule has 0 N–H and O–H groups in total. The van der Waals surface area contributed by atoms with Gasteiger partial charge in [-0.2, -0.15) is 0 Å². The predicted octanol–water partition coefficient (Wildman–Crippen LogP) is 2.73. The van der Waals surface area contributed by atoms with Crippen LogP contribution in [0.3, 0.4) is 0 Å². The van der Waals surface area contributed by atoms with Gasteiger partial charge in [0.1, 0.15) is 0 Å². The Balaban J connectivity index is 3.18. The number of carbonyl (C=O) groups excluding carboxylic acids is 1. The van der Waals surface area contributed by atoms with Crippen molar-refractivity contribution in [3.63, 3.8) is 0 Å². The molecule has 1 aromatic rings. The third kappa shape index (κ3) is 4.34. The molecule has 9 heteroatoms. The van der Waals surface area contributed by atoms with Crippen LogP contribution in [0.4, 0.5) is 17.6 Å². The van der Waals surface area contributed by atoms with Crippen molar-refractivity contribution in [3.8, 4) is 5.75 Å². The van der Waals surface area contributed by atoms with Gasteiger partial charge in [0.05, 0.1) is 19.2 Å². The Morgan fingerprint density at radius 1 is 1.47 bits per heavy atom. The number of methoxy groups -OCH3 is 1. The third-order valence-electron chi connectivity index (χ3n) is 2.02. The van der Waals surface area contributed by atoms with Gasteiger partial charge >= 0.3 is 12.3 Å². The van der Waals surface area contributed by atoms with Crippen LogP contribution in [-0.4, -0.2) is 24.4 Å². The van der Waals surface area contributed by atoms with Gasteiger partial charge in [0.2, 0.25) is 0 Å². The largest absolute Gasteiger partial charge is 0.573 e. The highest BCUT2D eigenvalue weighted by Gasteiger charge is 2.34. The summed E-state index contributed by atoms with van der Waals surface area (Å²) in [6.07, 6.45) is -4.63. The predicted molar refractivity (Wildman–Crippen MR) is 59.2 cm³/mol. The topological polar surface area (TPSA) is 48.4 Å². The molecule has 1 heterocycles. The highest BCUT2D eigenvalue weighted by atomic mass is 79.9. The van der Waals surface area contributed by atoms with E-state index in [0.717, 1.165) is 13.3 Å². The van der Waals surface area contributed by atoms with Crippen LogP contribution in [0.25, 0.3) is 0 Å². The molecule has 4 nitrogen and oxygen atoms in total. The molecular formula is C10H8BrF4NO3. The van der Waals surface area contributed by atoms with Gasteiger partial charge in [0.25, 0.3) is 0 Å². The Morgan fingerprint density at radius 2 is 2.11 bits per heavy atom. The van der Waals surface area contributed by atoms with Crippen molar-refractivity contribution in [2.24, 2.45) is 0 Å². The third-order valence-corrected chi connectivity index (χ3v) is 2.63. The molecule has 0 saturated carbocycles. The summed E-state index contributed by atoms with van der Waals surface area (Å²) in [5.41, 5.74) is -0.598. The van der Waals surface area contributed by atoms with E-state index < -0.39 is 36.0 Å². The van der Waals surface area contributed by atoms with Crippen LogP contribution in [0.15, 0.2) is 6.20 Å². The fourth-order valence-corrected chi connectivity index (χ4v) is 1.60. The highest BCUT2D eigenvalue weighted by molar-refractivity contribution is 9.08. The molecule has 1 aromatic heterocycles. The van der Waals surface area contributed by atoms with Crippen LogP contribution >= 0.6 is 15.9 Å². The molecule has 0 unspecified atom stereocenters. The number of hydrogen-bond donors (Lipinski definition) is 0. The highest BCUT2D eigenvalue weighted by Crippen LogP contribution is 2.31.